The second-order valence-electron chi connectivity index (χ2n) is 5.86. The number of benzene rings is 2. The van der Waals surface area contributed by atoms with Gasteiger partial charge in [-0.15, -0.1) is 0 Å². The monoisotopic (exact) mass is 420 g/mol. The van der Waals surface area contributed by atoms with Crippen molar-refractivity contribution < 1.29 is 27.4 Å². The first kappa shape index (κ1) is 20.5. The van der Waals surface area contributed by atoms with Gasteiger partial charge in [0.15, 0.2) is 0 Å². The molecule has 154 valence electrons. The first-order chi connectivity index (χ1) is 14.1. The molecule has 3 aromatic rings. The van der Waals surface area contributed by atoms with Crippen LogP contribution in [-0.4, -0.2) is 16.1 Å². The number of furan rings is 1. The summed E-state index contributed by atoms with van der Waals surface area (Å²) in [4.78, 5) is 20.2. The molecule has 2 aromatic carbocycles. The summed E-state index contributed by atoms with van der Waals surface area (Å²) in [5, 5.41) is 25.5. The van der Waals surface area contributed by atoms with E-state index < -0.39 is 27.3 Å². The van der Waals surface area contributed by atoms with E-state index in [2.05, 4.69) is 10.5 Å². The zero-order valence-electron chi connectivity index (χ0n) is 14.8. The lowest BCUT2D eigenvalue weighted by molar-refractivity contribution is -0.384. The van der Waals surface area contributed by atoms with Gasteiger partial charge >= 0.3 is 6.18 Å². The lowest BCUT2D eigenvalue weighted by atomic mass is 10.1. The van der Waals surface area contributed by atoms with E-state index in [0.717, 1.165) is 6.07 Å². The van der Waals surface area contributed by atoms with Crippen molar-refractivity contribution in [3.8, 4) is 11.3 Å². The Morgan fingerprint density at radius 1 is 0.967 bits per heavy atom. The SMILES string of the molecule is O=[N+]([O-])c1ccc(-c2ccc(/C=N\Nc3ccc(C(F)(F)F)cc3[N+](=O)[O-])o2)cc1. The molecule has 1 N–H and O–H groups in total. The molecule has 0 atom stereocenters. The van der Waals surface area contributed by atoms with E-state index in [4.69, 9.17) is 4.42 Å². The van der Waals surface area contributed by atoms with Gasteiger partial charge in [-0.25, -0.2) is 0 Å². The third-order valence-corrected chi connectivity index (χ3v) is 3.89. The molecule has 1 aromatic heterocycles. The number of rotatable bonds is 6. The molecule has 0 aliphatic carbocycles. The van der Waals surface area contributed by atoms with E-state index in [-0.39, 0.29) is 17.1 Å². The second kappa shape index (κ2) is 8.03. The second-order valence-corrected chi connectivity index (χ2v) is 5.86. The average molecular weight is 420 g/mol. The summed E-state index contributed by atoms with van der Waals surface area (Å²) in [6, 6.07) is 10.8. The molecule has 0 bridgehead atoms. The molecule has 0 saturated heterocycles. The van der Waals surface area contributed by atoms with Crippen molar-refractivity contribution in [1.29, 1.82) is 0 Å². The molecular formula is C18H11F3N4O5. The van der Waals surface area contributed by atoms with Crippen molar-refractivity contribution >= 4 is 23.3 Å². The molecule has 0 aliphatic heterocycles. The van der Waals surface area contributed by atoms with Crippen LogP contribution < -0.4 is 5.43 Å². The fourth-order valence-electron chi connectivity index (χ4n) is 2.44. The van der Waals surface area contributed by atoms with Crippen LogP contribution in [0.25, 0.3) is 11.3 Å². The predicted octanol–water partition coefficient (Wildman–Crippen LogP) is 5.23. The molecule has 9 nitrogen and oxygen atoms in total. The van der Waals surface area contributed by atoms with Crippen LogP contribution in [0.4, 0.5) is 30.2 Å². The zero-order valence-corrected chi connectivity index (χ0v) is 14.8. The molecule has 30 heavy (non-hydrogen) atoms. The van der Waals surface area contributed by atoms with Crippen LogP contribution in [0.2, 0.25) is 0 Å². The molecule has 1 heterocycles. The van der Waals surface area contributed by atoms with Gasteiger partial charge in [-0.2, -0.15) is 18.3 Å². The topological polar surface area (TPSA) is 124 Å². The van der Waals surface area contributed by atoms with Gasteiger partial charge in [0.05, 0.1) is 21.6 Å². The largest absolute Gasteiger partial charge is 0.455 e. The van der Waals surface area contributed by atoms with Gasteiger partial charge in [-0.3, -0.25) is 25.7 Å². The van der Waals surface area contributed by atoms with Crippen LogP contribution in [0.1, 0.15) is 11.3 Å². The van der Waals surface area contributed by atoms with Crippen LogP contribution in [0, 0.1) is 20.2 Å². The highest BCUT2D eigenvalue weighted by atomic mass is 19.4. The van der Waals surface area contributed by atoms with E-state index in [1.807, 2.05) is 0 Å². The van der Waals surface area contributed by atoms with Gasteiger partial charge in [-0.05, 0) is 36.4 Å². The van der Waals surface area contributed by atoms with Crippen molar-refractivity contribution in [2.45, 2.75) is 6.18 Å². The number of nitro benzene ring substituents is 2. The van der Waals surface area contributed by atoms with Gasteiger partial charge < -0.3 is 4.42 Å². The van der Waals surface area contributed by atoms with Crippen LogP contribution in [0.3, 0.4) is 0 Å². The lowest BCUT2D eigenvalue weighted by Gasteiger charge is -2.08. The summed E-state index contributed by atoms with van der Waals surface area (Å²) >= 11 is 0. The number of non-ortho nitro benzene ring substituents is 1. The minimum Gasteiger partial charge on any atom is -0.455 e. The highest BCUT2D eigenvalue weighted by Gasteiger charge is 2.33. The first-order valence-corrected chi connectivity index (χ1v) is 8.14. The molecule has 0 aliphatic rings. The number of hydrogen-bond acceptors (Lipinski definition) is 7. The Kier molecular flexibility index (Phi) is 5.49. The van der Waals surface area contributed by atoms with Crippen molar-refractivity contribution in [3.05, 3.63) is 86.1 Å². The molecule has 0 fully saturated rings. The van der Waals surface area contributed by atoms with Crippen LogP contribution >= 0.6 is 0 Å². The number of nitro groups is 2. The molecule has 0 saturated carbocycles. The van der Waals surface area contributed by atoms with Crippen molar-refractivity contribution in [2.75, 3.05) is 5.43 Å². The van der Waals surface area contributed by atoms with Crippen LogP contribution in [0.5, 0.6) is 0 Å². The smallest absolute Gasteiger partial charge is 0.416 e. The van der Waals surface area contributed by atoms with Gasteiger partial charge in [0, 0.05) is 23.8 Å². The highest BCUT2D eigenvalue weighted by molar-refractivity contribution is 5.78. The minimum absolute atomic E-state index is 0.0746. The number of alkyl halides is 3. The van der Waals surface area contributed by atoms with Crippen molar-refractivity contribution in [2.24, 2.45) is 5.10 Å². The van der Waals surface area contributed by atoms with E-state index in [1.165, 1.54) is 36.5 Å². The number of halogens is 3. The molecule has 0 radical (unpaired) electrons. The Bertz CT molecular complexity index is 1120. The fourth-order valence-corrected chi connectivity index (χ4v) is 2.44. The van der Waals surface area contributed by atoms with Crippen molar-refractivity contribution in [1.82, 2.24) is 0 Å². The Balaban J connectivity index is 1.75. The quantitative estimate of drug-likeness (QED) is 0.331. The summed E-state index contributed by atoms with van der Waals surface area (Å²) in [5.74, 6) is 0.636. The third kappa shape index (κ3) is 4.60. The Labute approximate surface area is 165 Å². The van der Waals surface area contributed by atoms with E-state index in [9.17, 15) is 33.4 Å². The van der Waals surface area contributed by atoms with Gasteiger partial charge in [0.25, 0.3) is 11.4 Å². The number of hydrogen-bond donors (Lipinski definition) is 1. The maximum atomic E-state index is 12.7. The first-order valence-electron chi connectivity index (χ1n) is 8.14. The number of hydrazone groups is 1. The maximum Gasteiger partial charge on any atom is 0.416 e. The standard InChI is InChI=1S/C18H11F3N4O5/c19-18(20,21)12-3-7-15(16(9-12)25(28)29)23-22-10-14-6-8-17(30-14)11-1-4-13(5-2-11)24(26)27/h1-10,23H/b22-10-. The highest BCUT2D eigenvalue weighted by Crippen LogP contribution is 2.35. The Morgan fingerprint density at radius 2 is 1.67 bits per heavy atom. The summed E-state index contributed by atoms with van der Waals surface area (Å²) in [5.41, 5.74) is 0.652. The zero-order chi connectivity index (χ0) is 21.9. The lowest BCUT2D eigenvalue weighted by Crippen LogP contribution is -2.06. The van der Waals surface area contributed by atoms with Gasteiger partial charge in [0.1, 0.15) is 17.2 Å². The molecule has 0 unspecified atom stereocenters. The van der Waals surface area contributed by atoms with E-state index in [1.54, 1.807) is 6.07 Å². The molecule has 12 heteroatoms. The number of nitrogens with one attached hydrogen (secondary N) is 1. The third-order valence-electron chi connectivity index (χ3n) is 3.89. The Hall–Kier alpha value is -4.22. The fraction of sp³-hybridized carbons (Fsp3) is 0.0556. The molecule has 0 amide bonds. The van der Waals surface area contributed by atoms with Crippen molar-refractivity contribution in [3.63, 3.8) is 0 Å². The molecular weight excluding hydrogens is 409 g/mol. The Morgan fingerprint density at radius 3 is 2.27 bits per heavy atom. The summed E-state index contributed by atoms with van der Waals surface area (Å²) in [7, 11) is 0. The summed E-state index contributed by atoms with van der Waals surface area (Å²) < 4.78 is 43.7. The molecule has 3 rings (SSSR count). The average Bonchev–Trinajstić information content (AvgIpc) is 3.16. The predicted molar refractivity (Wildman–Crippen MR) is 100 cm³/mol. The van der Waals surface area contributed by atoms with E-state index in [0.29, 0.717) is 23.5 Å². The summed E-state index contributed by atoms with van der Waals surface area (Å²) in [6.45, 7) is 0. The van der Waals surface area contributed by atoms with Gasteiger partial charge in [-0.1, -0.05) is 0 Å². The number of nitrogens with zero attached hydrogens (tertiary/aromatic N) is 3. The number of anilines is 1. The van der Waals surface area contributed by atoms with Crippen LogP contribution in [-0.2, 0) is 6.18 Å². The van der Waals surface area contributed by atoms with Gasteiger partial charge in [0.2, 0.25) is 0 Å². The molecule has 0 spiro atoms. The minimum atomic E-state index is -4.71. The summed E-state index contributed by atoms with van der Waals surface area (Å²) in [6.07, 6.45) is -3.54. The van der Waals surface area contributed by atoms with Crippen LogP contribution in [0.15, 0.2) is 64.1 Å². The normalized spacial score (nSPS) is 11.6. The van der Waals surface area contributed by atoms with E-state index >= 15 is 0 Å². The maximum absolute atomic E-state index is 12.7.